The van der Waals surface area contributed by atoms with Crippen molar-refractivity contribution in [3.05, 3.63) is 110 Å². The molecular formula is C33H5F4N9. The summed E-state index contributed by atoms with van der Waals surface area (Å²) < 4.78 is 60.9. The van der Waals surface area contributed by atoms with E-state index in [2.05, 4.69) is 4.98 Å². The molecule has 0 N–H and O–H groups in total. The third kappa shape index (κ3) is 4.05. The molecule has 0 aliphatic heterocycles. The number of pyridine rings is 1. The molecule has 0 spiro atoms. The van der Waals surface area contributed by atoms with Gasteiger partial charge < -0.3 is 0 Å². The summed E-state index contributed by atoms with van der Waals surface area (Å²) in [6.45, 7) is 0. The molecule has 210 valence electrons. The Morgan fingerprint density at radius 2 is 1.07 bits per heavy atom. The topological polar surface area (TPSA) is 203 Å². The first-order valence-corrected chi connectivity index (χ1v) is 12.4. The highest BCUT2D eigenvalue weighted by molar-refractivity contribution is 6.30. The first-order valence-electron chi connectivity index (χ1n) is 12.4. The van der Waals surface area contributed by atoms with Crippen molar-refractivity contribution in [2.45, 2.75) is 0 Å². The van der Waals surface area contributed by atoms with Gasteiger partial charge in [-0.3, -0.25) is 0 Å². The van der Waals surface area contributed by atoms with Gasteiger partial charge in [0.05, 0.1) is 16.7 Å². The first-order chi connectivity index (χ1) is 22.1. The van der Waals surface area contributed by atoms with Crippen molar-refractivity contribution >= 4 is 33.4 Å². The van der Waals surface area contributed by atoms with Crippen LogP contribution in [0.15, 0.2) is 41.5 Å². The normalized spacial score (nSPS) is 12.3. The van der Waals surface area contributed by atoms with Crippen molar-refractivity contribution in [3.8, 4) is 48.6 Å². The maximum absolute atomic E-state index is 16.9. The smallest absolute Gasteiger partial charge is 0.208 e. The van der Waals surface area contributed by atoms with Crippen LogP contribution in [0.2, 0.25) is 0 Å². The number of hydrogen-bond acceptors (Lipinski definition) is 9. The van der Waals surface area contributed by atoms with Gasteiger partial charge in [0.25, 0.3) is 0 Å². The molecule has 0 atom stereocenters. The van der Waals surface area contributed by atoms with Gasteiger partial charge >= 0.3 is 0 Å². The second-order valence-electron chi connectivity index (χ2n) is 9.27. The molecule has 1 aromatic heterocycles. The second-order valence-corrected chi connectivity index (χ2v) is 9.27. The number of hydrogen-bond donors (Lipinski definition) is 0. The highest BCUT2D eigenvalue weighted by Gasteiger charge is 2.41. The van der Waals surface area contributed by atoms with E-state index in [-0.39, 0.29) is 27.8 Å². The van der Waals surface area contributed by atoms with E-state index in [1.807, 2.05) is 0 Å². The Morgan fingerprint density at radius 3 is 1.52 bits per heavy atom. The van der Waals surface area contributed by atoms with Gasteiger partial charge in [0, 0.05) is 44.5 Å². The van der Waals surface area contributed by atoms with Gasteiger partial charge in [0.2, 0.25) is 5.95 Å². The summed E-state index contributed by atoms with van der Waals surface area (Å²) in [6.07, 6.45) is 0. The summed E-state index contributed by atoms with van der Waals surface area (Å²) in [5.41, 5.74) is -8.60. The van der Waals surface area contributed by atoms with E-state index in [4.69, 9.17) is 5.26 Å². The van der Waals surface area contributed by atoms with Crippen LogP contribution >= 0.6 is 0 Å². The highest BCUT2D eigenvalue weighted by Crippen LogP contribution is 2.56. The molecule has 0 fully saturated rings. The molecule has 1 heterocycles. The lowest BCUT2D eigenvalue weighted by molar-refractivity contribution is 0.582. The molecule has 0 radical (unpaired) electrons. The average Bonchev–Trinajstić information content (AvgIpc) is 3.56. The first kappa shape index (κ1) is 29.7. The number of allylic oxidation sites excluding steroid dienone is 8. The van der Waals surface area contributed by atoms with Gasteiger partial charge in [-0.2, -0.15) is 46.5 Å². The number of fused-ring (bicyclic) bond motifs is 2. The van der Waals surface area contributed by atoms with Crippen LogP contribution in [0.3, 0.4) is 0 Å². The predicted molar refractivity (Wildman–Crippen MR) is 148 cm³/mol. The fourth-order valence-corrected chi connectivity index (χ4v) is 5.40. The Bertz CT molecular complexity index is 2460. The fraction of sp³-hybridized carbons (Fsp3) is 0. The van der Waals surface area contributed by atoms with Crippen molar-refractivity contribution in [2.24, 2.45) is 0 Å². The molecule has 0 saturated carbocycles. The van der Waals surface area contributed by atoms with Crippen LogP contribution in [0.25, 0.3) is 33.4 Å². The number of aromatic nitrogens is 1. The highest BCUT2D eigenvalue weighted by atomic mass is 19.1. The molecule has 9 nitrogen and oxygen atoms in total. The molecule has 3 aromatic rings. The standard InChI is InChI=1S/C33H5F4N9/c34-23-5-18(24(35)3-14(23)6-38)30-22(12-44)32-20(28(30)16(9-41)10-42)4-19-27(15(7-39)8-40)29(21(11-43)31(19)33(32)37)17-1-2-26(36)46-25(17)13-45/h1-5H. The zero-order valence-corrected chi connectivity index (χ0v) is 22.4. The number of nitrogens with zero attached hydrogens (tertiary/aromatic N) is 9. The predicted octanol–water partition coefficient (Wildman–Crippen LogP) is 5.88. The number of benzene rings is 2. The maximum Gasteiger partial charge on any atom is 0.214 e. The summed E-state index contributed by atoms with van der Waals surface area (Å²) in [6, 6.07) is 16.9. The summed E-state index contributed by atoms with van der Waals surface area (Å²) in [5.74, 6) is -4.90. The SMILES string of the molecule is N#CC(C#N)=C1C(c2cc(F)c(C#N)cc2F)=C(C#N)c2c1cc1c(c2F)C(C#N)=C(c2ccc(F)nc2C#N)C1=C(C#N)C#N. The van der Waals surface area contributed by atoms with Crippen molar-refractivity contribution in [3.63, 3.8) is 0 Å². The van der Waals surface area contributed by atoms with Crippen LogP contribution in [0.5, 0.6) is 0 Å². The van der Waals surface area contributed by atoms with E-state index in [0.29, 0.717) is 12.1 Å². The van der Waals surface area contributed by atoms with Crippen molar-refractivity contribution in [2.75, 3.05) is 0 Å². The quantitative estimate of drug-likeness (QED) is 0.195. The molecule has 2 aromatic carbocycles. The van der Waals surface area contributed by atoms with Crippen LogP contribution in [0, 0.1) is 114 Å². The van der Waals surface area contributed by atoms with E-state index < -0.39 is 84.8 Å². The van der Waals surface area contributed by atoms with Gasteiger partial charge in [-0.1, -0.05) is 0 Å². The minimum Gasteiger partial charge on any atom is -0.208 e. The van der Waals surface area contributed by atoms with Gasteiger partial charge in [-0.05, 0) is 41.5 Å². The summed E-state index contributed by atoms with van der Waals surface area (Å²) in [7, 11) is 0. The minimum atomic E-state index is -1.34. The number of nitriles is 8. The van der Waals surface area contributed by atoms with Crippen LogP contribution in [0.1, 0.15) is 44.6 Å². The molecule has 0 saturated heterocycles. The van der Waals surface area contributed by atoms with Gasteiger partial charge in [0.15, 0.2) is 5.69 Å². The second kappa shape index (κ2) is 11.1. The molecule has 46 heavy (non-hydrogen) atoms. The third-order valence-corrected chi connectivity index (χ3v) is 7.16. The minimum absolute atomic E-state index is 0.244. The third-order valence-electron chi connectivity index (χ3n) is 7.16. The van der Waals surface area contributed by atoms with Crippen LogP contribution < -0.4 is 0 Å². The van der Waals surface area contributed by atoms with E-state index in [9.17, 15) is 45.6 Å². The fourth-order valence-electron chi connectivity index (χ4n) is 5.40. The number of halogens is 4. The average molecular weight is 603 g/mol. The van der Waals surface area contributed by atoms with Crippen molar-refractivity contribution in [1.29, 1.82) is 42.1 Å². The lowest BCUT2D eigenvalue weighted by Gasteiger charge is -2.13. The van der Waals surface area contributed by atoms with Crippen LogP contribution in [0.4, 0.5) is 17.6 Å². The molecule has 0 amide bonds. The Labute approximate surface area is 256 Å². The Morgan fingerprint density at radius 1 is 0.543 bits per heavy atom. The van der Waals surface area contributed by atoms with E-state index in [1.165, 1.54) is 6.07 Å². The van der Waals surface area contributed by atoms with Gasteiger partial charge in [-0.25, -0.2) is 18.2 Å². The number of rotatable bonds is 2. The molecule has 0 unspecified atom stereocenters. The van der Waals surface area contributed by atoms with Gasteiger partial charge in [0.1, 0.15) is 77.2 Å². The Hall–Kier alpha value is -7.81. The van der Waals surface area contributed by atoms with Crippen LogP contribution in [-0.2, 0) is 0 Å². The van der Waals surface area contributed by atoms with Crippen molar-refractivity contribution < 1.29 is 17.6 Å². The Kier molecular flexibility index (Phi) is 7.17. The zero-order valence-electron chi connectivity index (χ0n) is 22.4. The monoisotopic (exact) mass is 603 g/mol. The van der Waals surface area contributed by atoms with E-state index >= 15 is 8.78 Å². The lowest BCUT2D eigenvalue weighted by atomic mass is 9.88. The van der Waals surface area contributed by atoms with E-state index in [1.54, 1.807) is 42.5 Å². The van der Waals surface area contributed by atoms with E-state index in [0.717, 1.165) is 18.2 Å². The Balaban J connectivity index is 2.02. The summed E-state index contributed by atoms with van der Waals surface area (Å²) >= 11 is 0. The lowest BCUT2D eigenvalue weighted by Crippen LogP contribution is -2.00. The molecule has 2 aliphatic carbocycles. The van der Waals surface area contributed by atoms with Crippen molar-refractivity contribution in [1.82, 2.24) is 4.98 Å². The molecular weight excluding hydrogens is 598 g/mol. The van der Waals surface area contributed by atoms with Crippen LogP contribution in [-0.4, -0.2) is 4.98 Å². The maximum atomic E-state index is 16.9. The molecule has 5 rings (SSSR count). The van der Waals surface area contributed by atoms with Gasteiger partial charge in [-0.15, -0.1) is 0 Å². The molecule has 0 bridgehead atoms. The largest absolute Gasteiger partial charge is 0.214 e. The summed E-state index contributed by atoms with van der Waals surface area (Å²) in [4.78, 5) is 3.48. The zero-order chi connectivity index (χ0) is 33.4. The summed E-state index contributed by atoms with van der Waals surface area (Å²) in [5, 5.41) is 78.5. The molecule has 2 aliphatic rings. The molecule has 13 heteroatoms.